The van der Waals surface area contributed by atoms with Gasteiger partial charge < -0.3 is 9.53 Å². The zero-order chi connectivity index (χ0) is 30.1. The molecular formula is C33H45NO5. The van der Waals surface area contributed by atoms with E-state index in [0.717, 1.165) is 31.3 Å². The Labute approximate surface area is 235 Å². The summed E-state index contributed by atoms with van der Waals surface area (Å²) in [6.45, 7) is 21.9. The molecule has 0 aromatic rings. The van der Waals surface area contributed by atoms with Crippen LogP contribution in [-0.2, 0) is 23.9 Å². The second kappa shape index (κ2) is 8.98. The SMILES string of the molecule is [3H]C.[C-]#[N+]C1=C[C@]2(C)C3=CC(=O)[C@@H]4[C@@H]5CC(C)(C)CC[C@]5(C(=O)OC(C)=O)CC[C@@]4(C)[C@]3(C)CC[C@H]2[C@H](C)C1=O. The molecule has 0 N–H and O–H groups in total. The zero-order valence-electron chi connectivity index (χ0n) is 25.9. The Morgan fingerprint density at radius 2 is 1.69 bits per heavy atom. The fraction of sp³-hybridized carbons (Fsp3) is 0.727. The van der Waals surface area contributed by atoms with E-state index in [4.69, 9.17) is 12.7 Å². The third-order valence-corrected chi connectivity index (χ3v) is 12.1. The van der Waals surface area contributed by atoms with E-state index in [1.165, 1.54) is 14.3 Å². The highest BCUT2D eigenvalue weighted by Crippen LogP contribution is 2.73. The van der Waals surface area contributed by atoms with Gasteiger partial charge in [0.2, 0.25) is 5.70 Å². The first-order valence-corrected chi connectivity index (χ1v) is 14.2. The van der Waals surface area contributed by atoms with Gasteiger partial charge in [0.05, 0.1) is 12.0 Å². The van der Waals surface area contributed by atoms with Crippen molar-refractivity contribution in [3.8, 4) is 0 Å². The van der Waals surface area contributed by atoms with Crippen molar-refractivity contribution in [3.05, 3.63) is 34.8 Å². The van der Waals surface area contributed by atoms with Crippen molar-refractivity contribution >= 4 is 23.5 Å². The Bertz CT molecular complexity index is 1260. The highest BCUT2D eigenvalue weighted by atomic mass is 16.6. The number of carbonyl (C=O) groups excluding carboxylic acids is 4. The fourth-order valence-corrected chi connectivity index (χ4v) is 9.81. The number of nitrogens with zero attached hydrogens (tertiary/aromatic N) is 1. The lowest BCUT2D eigenvalue weighted by atomic mass is 9.35. The molecule has 8 atom stereocenters. The predicted molar refractivity (Wildman–Crippen MR) is 149 cm³/mol. The van der Waals surface area contributed by atoms with E-state index in [1.54, 1.807) is 0 Å². The van der Waals surface area contributed by atoms with E-state index < -0.39 is 28.2 Å². The molecule has 6 heteroatoms. The Kier molecular flexibility index (Phi) is 6.45. The lowest BCUT2D eigenvalue weighted by molar-refractivity contribution is -0.193. The number of ether oxygens (including phenoxy) is 1. The number of rotatable bonds is 1. The van der Waals surface area contributed by atoms with E-state index in [0.29, 0.717) is 19.3 Å². The minimum atomic E-state index is -0.827. The molecule has 6 nitrogen and oxygen atoms in total. The van der Waals surface area contributed by atoms with Crippen molar-refractivity contribution in [3.63, 3.8) is 0 Å². The molecule has 0 heterocycles. The van der Waals surface area contributed by atoms with Crippen LogP contribution in [0.15, 0.2) is 23.4 Å². The molecule has 0 bridgehead atoms. The monoisotopic (exact) mass is 537 g/mol. The maximum atomic E-state index is 14.4. The molecule has 0 aromatic heterocycles. The molecule has 3 fully saturated rings. The number of fused-ring (bicyclic) bond motifs is 7. The van der Waals surface area contributed by atoms with Crippen LogP contribution in [0.5, 0.6) is 0 Å². The number of ketones is 2. The van der Waals surface area contributed by atoms with Gasteiger partial charge in [0, 0.05) is 25.5 Å². The third-order valence-electron chi connectivity index (χ3n) is 12.1. The van der Waals surface area contributed by atoms with Crippen molar-refractivity contribution in [1.82, 2.24) is 0 Å². The van der Waals surface area contributed by atoms with E-state index >= 15 is 0 Å². The van der Waals surface area contributed by atoms with Crippen molar-refractivity contribution in [2.75, 3.05) is 0 Å². The molecule has 0 amide bonds. The van der Waals surface area contributed by atoms with Gasteiger partial charge in [0.1, 0.15) is 0 Å². The van der Waals surface area contributed by atoms with Gasteiger partial charge in [-0.05, 0) is 79.1 Å². The number of hydrogen-bond donors (Lipinski definition) is 0. The van der Waals surface area contributed by atoms with Crippen LogP contribution in [0.2, 0.25) is 0 Å². The third kappa shape index (κ3) is 3.78. The summed E-state index contributed by atoms with van der Waals surface area (Å²) in [6.07, 6.45) is 8.90. The van der Waals surface area contributed by atoms with E-state index in [-0.39, 0.29) is 51.8 Å². The molecule has 5 aliphatic carbocycles. The highest BCUT2D eigenvalue weighted by molar-refractivity contribution is 6.01. The fourth-order valence-electron chi connectivity index (χ4n) is 9.81. The molecule has 5 rings (SSSR count). The zero-order valence-corrected chi connectivity index (χ0v) is 24.9. The second-order valence-corrected chi connectivity index (χ2v) is 14.4. The van der Waals surface area contributed by atoms with Crippen molar-refractivity contribution in [2.45, 2.75) is 101 Å². The summed E-state index contributed by atoms with van der Waals surface area (Å²) < 4.78 is 11.0. The first-order valence-electron chi connectivity index (χ1n) is 15.2. The first kappa shape index (κ1) is 28.0. The van der Waals surface area contributed by atoms with Gasteiger partial charge in [0.25, 0.3) is 0 Å². The average molecular weight is 538 g/mol. The highest BCUT2D eigenvalue weighted by Gasteiger charge is 2.70. The van der Waals surface area contributed by atoms with Gasteiger partial charge >= 0.3 is 11.9 Å². The first-order chi connectivity index (χ1) is 18.6. The minimum Gasteiger partial charge on any atom is -0.393 e. The minimum absolute atomic E-state index is 0.0236. The topological polar surface area (TPSA) is 81.9 Å². The largest absolute Gasteiger partial charge is 0.393 e. The number of Topliss-reactive ketones (excluding diaryl/α,β-unsaturated/α-hetero) is 1. The summed E-state index contributed by atoms with van der Waals surface area (Å²) in [5.74, 6) is -1.86. The van der Waals surface area contributed by atoms with Gasteiger partial charge in [-0.2, -0.15) is 0 Å². The van der Waals surface area contributed by atoms with E-state index in [9.17, 15) is 19.2 Å². The normalized spacial score (nSPS) is 44.2. The number of hydrogen-bond acceptors (Lipinski definition) is 5. The van der Waals surface area contributed by atoms with Gasteiger partial charge in [-0.3, -0.25) is 14.4 Å². The Hall–Kier alpha value is -2.55. The van der Waals surface area contributed by atoms with Crippen LogP contribution in [0.25, 0.3) is 4.85 Å². The molecule has 39 heavy (non-hydrogen) atoms. The van der Waals surface area contributed by atoms with Crippen molar-refractivity contribution < 1.29 is 25.3 Å². The molecule has 0 aliphatic heterocycles. The molecule has 5 aliphatic rings. The van der Waals surface area contributed by atoms with Gasteiger partial charge in [0.15, 0.2) is 11.6 Å². The van der Waals surface area contributed by atoms with Crippen LogP contribution in [0, 0.1) is 57.3 Å². The lowest BCUT2D eigenvalue weighted by Crippen LogP contribution is -2.65. The Morgan fingerprint density at radius 1 is 1.05 bits per heavy atom. The van der Waals surface area contributed by atoms with Gasteiger partial charge in [-0.25, -0.2) is 4.85 Å². The standard InChI is InChI=1S/C32H41NO5.CH4/c1-18-20-9-10-30(6)24(29(20,5)17-22(33-8)26(18)36)15-23(35)25-21-16-28(3,4)11-13-32(21,14-12-31(25,30)7)27(37)38-19(2)34;/h15,17-18,20-21,25H,9-14,16H2,1-7H3;1H4/t18-,20-,21-,25-,29-,30+,31+,32-;/m0./s1/i;1T. The molecule has 0 spiro atoms. The van der Waals surface area contributed by atoms with Crippen LogP contribution < -0.4 is 0 Å². The molecule has 0 aromatic carbocycles. The van der Waals surface area contributed by atoms with Crippen LogP contribution in [0.4, 0.5) is 0 Å². The summed E-state index contributed by atoms with van der Waals surface area (Å²) >= 11 is 0. The predicted octanol–water partition coefficient (Wildman–Crippen LogP) is 6.89. The smallest absolute Gasteiger partial charge is 0.320 e. The average Bonchev–Trinajstić information content (AvgIpc) is 2.88. The number of esters is 2. The molecular weight excluding hydrogens is 490 g/mol. The summed E-state index contributed by atoms with van der Waals surface area (Å²) in [6, 6.07) is 0. The van der Waals surface area contributed by atoms with Crippen LogP contribution in [-0.4, -0.2) is 23.5 Å². The second-order valence-electron chi connectivity index (χ2n) is 14.4. The van der Waals surface area contributed by atoms with E-state index in [1.807, 2.05) is 19.1 Å². The summed E-state index contributed by atoms with van der Waals surface area (Å²) in [5, 5.41) is 0. The maximum absolute atomic E-state index is 14.4. The molecule has 3 saturated carbocycles. The Morgan fingerprint density at radius 3 is 2.31 bits per heavy atom. The summed E-state index contributed by atoms with van der Waals surface area (Å²) in [4.78, 5) is 56.3. The number of allylic oxidation sites excluding steroid dienone is 4. The molecule has 0 saturated heterocycles. The van der Waals surface area contributed by atoms with Crippen LogP contribution in [0.1, 0.15) is 102 Å². The van der Waals surface area contributed by atoms with Crippen molar-refractivity contribution in [2.24, 2.45) is 50.7 Å². The van der Waals surface area contributed by atoms with Crippen LogP contribution in [0.3, 0.4) is 0 Å². The van der Waals surface area contributed by atoms with Gasteiger partial charge in [-0.15, -0.1) is 0 Å². The van der Waals surface area contributed by atoms with E-state index in [2.05, 4.69) is 39.5 Å². The molecule has 0 unspecified atom stereocenters. The molecule has 0 radical (unpaired) electrons. The van der Waals surface area contributed by atoms with Crippen LogP contribution >= 0.6 is 0 Å². The maximum Gasteiger partial charge on any atom is 0.320 e. The van der Waals surface area contributed by atoms with Crippen molar-refractivity contribution in [1.29, 1.82) is 0 Å². The summed E-state index contributed by atoms with van der Waals surface area (Å²) in [5.41, 5.74) is -0.867. The lowest BCUT2D eigenvalue weighted by Gasteiger charge is -2.68. The Balaban J connectivity index is 0.00000181. The van der Waals surface area contributed by atoms with Gasteiger partial charge in [-0.1, -0.05) is 60.6 Å². The summed E-state index contributed by atoms with van der Waals surface area (Å²) in [7, 11) is 1.25. The number of carbonyl (C=O) groups is 4. The quantitative estimate of drug-likeness (QED) is 0.207. The molecule has 212 valence electrons.